The summed E-state index contributed by atoms with van der Waals surface area (Å²) in [5.41, 5.74) is 4.47. The smallest absolute Gasteiger partial charge is 0.0240 e. The largest absolute Gasteiger partial charge is 0.297 e. The lowest BCUT2D eigenvalue weighted by Gasteiger charge is -2.43. The van der Waals surface area contributed by atoms with E-state index in [1.165, 1.54) is 53.6 Å². The van der Waals surface area contributed by atoms with Crippen LogP contribution in [0.15, 0.2) is 53.0 Å². The first kappa shape index (κ1) is 17.3. The third-order valence-electron chi connectivity index (χ3n) is 5.69. The maximum Gasteiger partial charge on any atom is 0.0240 e. The van der Waals surface area contributed by atoms with Crippen LogP contribution in [0.25, 0.3) is 0 Å². The summed E-state index contributed by atoms with van der Waals surface area (Å²) in [7, 11) is 0. The predicted molar refractivity (Wildman–Crippen MR) is 108 cm³/mol. The molecular formula is C22H27BrN2. The summed E-state index contributed by atoms with van der Waals surface area (Å²) in [5.74, 6) is 0.772. The summed E-state index contributed by atoms with van der Waals surface area (Å²) >= 11 is 3.61. The number of likely N-dealkylation sites (tertiary alicyclic amines) is 1. The highest BCUT2D eigenvalue weighted by Gasteiger charge is 2.30. The minimum atomic E-state index is 0.684. The van der Waals surface area contributed by atoms with Crippen molar-refractivity contribution in [2.45, 2.75) is 38.9 Å². The SMILES string of the molecule is CC1CC(N2CCc3cc(Br)ccc3C2)CN(Cc2ccccc2)C1. The van der Waals surface area contributed by atoms with E-state index in [2.05, 4.69) is 81.2 Å². The standard InChI is InChI=1S/C22H27BrN2/c1-17-11-22(16-24(13-17)14-18-5-3-2-4-6-18)25-10-9-19-12-21(23)8-7-20(19)15-25/h2-8,12,17,22H,9-11,13-16H2,1H3. The number of hydrogen-bond donors (Lipinski definition) is 0. The lowest BCUT2D eigenvalue weighted by atomic mass is 9.91. The van der Waals surface area contributed by atoms with Gasteiger partial charge in [-0.25, -0.2) is 0 Å². The second-order valence-corrected chi connectivity index (χ2v) is 8.72. The Morgan fingerprint density at radius 3 is 2.72 bits per heavy atom. The molecular weight excluding hydrogens is 372 g/mol. The molecule has 2 heterocycles. The molecule has 2 unspecified atom stereocenters. The van der Waals surface area contributed by atoms with Crippen molar-refractivity contribution in [3.63, 3.8) is 0 Å². The van der Waals surface area contributed by atoms with E-state index in [0.29, 0.717) is 6.04 Å². The maximum atomic E-state index is 3.61. The first-order valence-corrected chi connectivity index (χ1v) is 10.2. The van der Waals surface area contributed by atoms with Crippen molar-refractivity contribution in [3.05, 3.63) is 69.7 Å². The van der Waals surface area contributed by atoms with Crippen LogP contribution in [0.1, 0.15) is 30.0 Å². The zero-order chi connectivity index (χ0) is 17.2. The summed E-state index contributed by atoms with van der Waals surface area (Å²) in [6.45, 7) is 8.23. The van der Waals surface area contributed by atoms with Gasteiger partial charge in [-0.3, -0.25) is 9.80 Å². The average Bonchev–Trinajstić information content (AvgIpc) is 2.61. The van der Waals surface area contributed by atoms with Gasteiger partial charge in [0, 0.05) is 43.2 Å². The molecule has 132 valence electrons. The number of benzene rings is 2. The molecule has 2 nitrogen and oxygen atoms in total. The molecule has 4 rings (SSSR count). The van der Waals surface area contributed by atoms with E-state index in [1.807, 2.05) is 0 Å². The van der Waals surface area contributed by atoms with E-state index in [-0.39, 0.29) is 0 Å². The van der Waals surface area contributed by atoms with E-state index in [0.717, 1.165) is 19.0 Å². The Balaban J connectivity index is 1.44. The lowest BCUT2D eigenvalue weighted by Crippen LogP contribution is -2.51. The fraction of sp³-hybridized carbons (Fsp3) is 0.455. The van der Waals surface area contributed by atoms with Crippen molar-refractivity contribution in [3.8, 4) is 0 Å². The second kappa shape index (κ2) is 7.61. The molecule has 2 aromatic rings. The summed E-state index contributed by atoms with van der Waals surface area (Å²) in [6, 6.07) is 18.4. The topological polar surface area (TPSA) is 6.48 Å². The van der Waals surface area contributed by atoms with E-state index < -0.39 is 0 Å². The van der Waals surface area contributed by atoms with Gasteiger partial charge in [-0.05, 0) is 47.6 Å². The molecule has 0 saturated carbocycles. The molecule has 0 aliphatic carbocycles. The Bertz CT molecular complexity index is 715. The number of rotatable bonds is 3. The van der Waals surface area contributed by atoms with Crippen LogP contribution in [-0.2, 0) is 19.5 Å². The number of hydrogen-bond acceptors (Lipinski definition) is 2. The van der Waals surface area contributed by atoms with Gasteiger partial charge in [-0.15, -0.1) is 0 Å². The quantitative estimate of drug-likeness (QED) is 0.737. The van der Waals surface area contributed by atoms with Gasteiger partial charge in [-0.1, -0.05) is 59.3 Å². The van der Waals surface area contributed by atoms with Crippen LogP contribution in [0.5, 0.6) is 0 Å². The monoisotopic (exact) mass is 398 g/mol. The molecule has 25 heavy (non-hydrogen) atoms. The summed E-state index contributed by atoms with van der Waals surface area (Å²) in [6.07, 6.45) is 2.51. The Labute approximate surface area is 160 Å². The first-order chi connectivity index (χ1) is 12.2. The Morgan fingerprint density at radius 1 is 1.04 bits per heavy atom. The Hall–Kier alpha value is -1.16. The van der Waals surface area contributed by atoms with E-state index in [9.17, 15) is 0 Å². The van der Waals surface area contributed by atoms with Crippen LogP contribution in [0, 0.1) is 5.92 Å². The maximum absolute atomic E-state index is 3.61. The molecule has 1 fully saturated rings. The highest BCUT2D eigenvalue weighted by molar-refractivity contribution is 9.10. The minimum Gasteiger partial charge on any atom is -0.297 e. The molecule has 2 aliphatic heterocycles. The molecule has 2 aliphatic rings. The lowest BCUT2D eigenvalue weighted by molar-refractivity contribution is 0.0589. The summed E-state index contributed by atoms with van der Waals surface area (Å²) in [5, 5.41) is 0. The van der Waals surface area contributed by atoms with Gasteiger partial charge < -0.3 is 0 Å². The van der Waals surface area contributed by atoms with Gasteiger partial charge in [0.05, 0.1) is 0 Å². The third-order valence-corrected chi connectivity index (χ3v) is 6.18. The van der Waals surface area contributed by atoms with Crippen molar-refractivity contribution in [1.29, 1.82) is 0 Å². The Kier molecular flexibility index (Phi) is 5.25. The van der Waals surface area contributed by atoms with Crippen molar-refractivity contribution >= 4 is 15.9 Å². The molecule has 0 aromatic heterocycles. The normalized spacial score (nSPS) is 24.9. The molecule has 0 spiro atoms. The molecule has 0 amide bonds. The van der Waals surface area contributed by atoms with Crippen LogP contribution in [-0.4, -0.2) is 35.5 Å². The summed E-state index contributed by atoms with van der Waals surface area (Å²) < 4.78 is 1.21. The van der Waals surface area contributed by atoms with E-state index in [4.69, 9.17) is 0 Å². The van der Waals surface area contributed by atoms with Gasteiger partial charge in [0.2, 0.25) is 0 Å². The van der Waals surface area contributed by atoms with Crippen LogP contribution < -0.4 is 0 Å². The Morgan fingerprint density at radius 2 is 1.88 bits per heavy atom. The van der Waals surface area contributed by atoms with Gasteiger partial charge in [-0.2, -0.15) is 0 Å². The third kappa shape index (κ3) is 4.16. The molecule has 2 atom stereocenters. The van der Waals surface area contributed by atoms with Crippen molar-refractivity contribution in [1.82, 2.24) is 9.80 Å². The number of halogens is 1. The molecule has 2 aromatic carbocycles. The molecule has 0 N–H and O–H groups in total. The zero-order valence-corrected chi connectivity index (χ0v) is 16.6. The van der Waals surface area contributed by atoms with E-state index >= 15 is 0 Å². The fourth-order valence-electron chi connectivity index (χ4n) is 4.52. The highest BCUT2D eigenvalue weighted by Crippen LogP contribution is 2.28. The molecule has 0 radical (unpaired) electrons. The van der Waals surface area contributed by atoms with Crippen molar-refractivity contribution < 1.29 is 0 Å². The van der Waals surface area contributed by atoms with Crippen LogP contribution in [0.4, 0.5) is 0 Å². The first-order valence-electron chi connectivity index (χ1n) is 9.45. The zero-order valence-electron chi connectivity index (χ0n) is 15.0. The summed E-state index contributed by atoms with van der Waals surface area (Å²) in [4.78, 5) is 5.38. The second-order valence-electron chi connectivity index (χ2n) is 7.81. The minimum absolute atomic E-state index is 0.684. The van der Waals surface area contributed by atoms with Crippen LogP contribution >= 0.6 is 15.9 Å². The predicted octanol–water partition coefficient (Wildman–Crippen LogP) is 4.72. The van der Waals surface area contributed by atoms with Gasteiger partial charge in [0.15, 0.2) is 0 Å². The number of fused-ring (bicyclic) bond motifs is 1. The molecule has 0 bridgehead atoms. The van der Waals surface area contributed by atoms with Crippen LogP contribution in [0.3, 0.4) is 0 Å². The fourth-order valence-corrected chi connectivity index (χ4v) is 4.93. The van der Waals surface area contributed by atoms with Crippen LogP contribution in [0.2, 0.25) is 0 Å². The van der Waals surface area contributed by atoms with Gasteiger partial charge in [0.1, 0.15) is 0 Å². The number of piperidine rings is 1. The van der Waals surface area contributed by atoms with Crippen molar-refractivity contribution in [2.75, 3.05) is 19.6 Å². The number of nitrogens with zero attached hydrogens (tertiary/aromatic N) is 2. The van der Waals surface area contributed by atoms with Gasteiger partial charge in [0.25, 0.3) is 0 Å². The van der Waals surface area contributed by atoms with Crippen molar-refractivity contribution in [2.24, 2.45) is 5.92 Å². The van der Waals surface area contributed by atoms with E-state index in [1.54, 1.807) is 0 Å². The average molecular weight is 399 g/mol. The molecule has 3 heteroatoms. The highest BCUT2D eigenvalue weighted by atomic mass is 79.9. The van der Waals surface area contributed by atoms with Gasteiger partial charge >= 0.3 is 0 Å². The molecule has 1 saturated heterocycles.